The van der Waals surface area contributed by atoms with Gasteiger partial charge in [-0.2, -0.15) is 0 Å². The molecule has 0 radical (unpaired) electrons. The largest absolute Gasteiger partial charge is 0.349 e. The number of hydrogen-bond donors (Lipinski definition) is 3. The number of nitrogens with one attached hydrogen (secondary N) is 3. The van der Waals surface area contributed by atoms with Crippen LogP contribution in [0.25, 0.3) is 22.4 Å². The highest BCUT2D eigenvalue weighted by Crippen LogP contribution is 2.44. The fraction of sp³-hybridized carbons (Fsp3) is 0.483. The van der Waals surface area contributed by atoms with Gasteiger partial charge in [0.25, 0.3) is 5.91 Å². The third-order valence-electron chi connectivity index (χ3n) is 8.67. The molecule has 3 N–H and O–H groups in total. The number of anilines is 1. The molecule has 3 fully saturated rings. The minimum absolute atomic E-state index is 0.0198. The summed E-state index contributed by atoms with van der Waals surface area (Å²) in [6.45, 7) is 2.18. The van der Waals surface area contributed by atoms with Gasteiger partial charge in [0, 0.05) is 28.8 Å². The maximum atomic E-state index is 12.8. The van der Waals surface area contributed by atoms with E-state index in [0.29, 0.717) is 23.4 Å². The van der Waals surface area contributed by atoms with Crippen LogP contribution in [-0.2, 0) is 4.79 Å². The molecule has 3 aliphatic carbocycles. The molecule has 1 aromatic heterocycles. The van der Waals surface area contributed by atoms with Gasteiger partial charge >= 0.3 is 0 Å². The smallest absolute Gasteiger partial charge is 0.251 e. The molecule has 182 valence electrons. The first-order valence-electron chi connectivity index (χ1n) is 13.3. The van der Waals surface area contributed by atoms with E-state index in [9.17, 15) is 9.59 Å². The molecule has 3 saturated carbocycles. The van der Waals surface area contributed by atoms with Gasteiger partial charge in [-0.25, -0.2) is 4.98 Å². The average Bonchev–Trinajstić information content (AvgIpc) is 3.60. The predicted octanol–water partition coefficient (Wildman–Crippen LogP) is 5.91. The van der Waals surface area contributed by atoms with Crippen molar-refractivity contribution in [2.24, 2.45) is 23.7 Å². The van der Waals surface area contributed by atoms with E-state index in [2.05, 4.69) is 22.5 Å². The molecule has 6 nitrogen and oxygen atoms in total. The Balaban J connectivity index is 1.13. The summed E-state index contributed by atoms with van der Waals surface area (Å²) in [7, 11) is 0. The van der Waals surface area contributed by atoms with Gasteiger partial charge in [0.2, 0.25) is 5.91 Å². The Hall–Kier alpha value is -3.15. The number of rotatable bonds is 5. The van der Waals surface area contributed by atoms with Crippen LogP contribution in [0.2, 0.25) is 0 Å². The highest BCUT2D eigenvalue weighted by atomic mass is 16.2. The summed E-state index contributed by atoms with van der Waals surface area (Å²) in [5.41, 5.74) is 4.13. The minimum atomic E-state index is 0.0198. The Morgan fingerprint density at radius 2 is 1.80 bits per heavy atom. The number of H-pyrrole nitrogens is 1. The van der Waals surface area contributed by atoms with Crippen molar-refractivity contribution in [1.29, 1.82) is 0 Å². The maximum absolute atomic E-state index is 12.8. The van der Waals surface area contributed by atoms with Gasteiger partial charge in [-0.1, -0.05) is 38.3 Å². The van der Waals surface area contributed by atoms with Crippen LogP contribution in [0, 0.1) is 23.7 Å². The third kappa shape index (κ3) is 4.46. The second-order valence-corrected chi connectivity index (χ2v) is 11.0. The fourth-order valence-electron chi connectivity index (χ4n) is 6.61. The van der Waals surface area contributed by atoms with Crippen molar-refractivity contribution in [2.45, 2.75) is 64.3 Å². The molecule has 2 aromatic carbocycles. The zero-order valence-corrected chi connectivity index (χ0v) is 20.3. The summed E-state index contributed by atoms with van der Waals surface area (Å²) in [6.07, 6.45) is 9.45. The van der Waals surface area contributed by atoms with Crippen LogP contribution >= 0.6 is 0 Å². The van der Waals surface area contributed by atoms with Crippen molar-refractivity contribution in [3.05, 3.63) is 48.0 Å². The second-order valence-electron chi connectivity index (χ2n) is 11.0. The fourth-order valence-corrected chi connectivity index (χ4v) is 6.61. The van der Waals surface area contributed by atoms with Crippen molar-refractivity contribution in [1.82, 2.24) is 15.3 Å². The van der Waals surface area contributed by atoms with Crippen LogP contribution < -0.4 is 10.6 Å². The van der Waals surface area contributed by atoms with E-state index in [4.69, 9.17) is 4.98 Å². The molecule has 1 heterocycles. The van der Waals surface area contributed by atoms with Crippen molar-refractivity contribution in [2.75, 3.05) is 5.32 Å². The molecule has 5 unspecified atom stereocenters. The summed E-state index contributed by atoms with van der Waals surface area (Å²) in [5.74, 6) is 2.89. The van der Waals surface area contributed by atoms with E-state index in [-0.39, 0.29) is 17.7 Å². The zero-order chi connectivity index (χ0) is 23.9. The van der Waals surface area contributed by atoms with E-state index >= 15 is 0 Å². The molecule has 0 aliphatic heterocycles. The Kier molecular flexibility index (Phi) is 5.83. The highest BCUT2D eigenvalue weighted by Gasteiger charge is 2.40. The lowest BCUT2D eigenvalue weighted by atomic mass is 9.80. The first-order valence-corrected chi connectivity index (χ1v) is 13.3. The minimum Gasteiger partial charge on any atom is -0.349 e. The van der Waals surface area contributed by atoms with Crippen molar-refractivity contribution < 1.29 is 9.59 Å². The SMILES string of the molecule is CC1CCCCC1C(=O)Nc1ccc2[nH]c(-c3ccc(C(=O)NC4CC5CCC4C5)cc3)nc2c1. The number of aromatic nitrogens is 2. The number of carbonyl (C=O) groups is 2. The van der Waals surface area contributed by atoms with Gasteiger partial charge in [-0.3, -0.25) is 9.59 Å². The molecule has 0 saturated heterocycles. The van der Waals surface area contributed by atoms with Crippen LogP contribution in [-0.4, -0.2) is 27.8 Å². The highest BCUT2D eigenvalue weighted by molar-refractivity contribution is 5.96. The lowest BCUT2D eigenvalue weighted by Gasteiger charge is -2.27. The number of aromatic amines is 1. The lowest BCUT2D eigenvalue weighted by Crippen LogP contribution is -2.38. The Bertz CT molecular complexity index is 1250. The summed E-state index contributed by atoms with van der Waals surface area (Å²) < 4.78 is 0. The predicted molar refractivity (Wildman–Crippen MR) is 138 cm³/mol. The van der Waals surface area contributed by atoms with Gasteiger partial charge in [0.15, 0.2) is 0 Å². The molecule has 3 aromatic rings. The molecule has 6 heteroatoms. The maximum Gasteiger partial charge on any atom is 0.251 e. The molecule has 6 rings (SSSR count). The number of nitrogens with zero attached hydrogens (tertiary/aromatic N) is 1. The average molecular weight is 471 g/mol. The standard InChI is InChI=1S/C29H34N4O2/c1-17-4-2-3-5-23(17)29(35)30-22-12-13-24-26(16-22)32-27(31-24)19-8-10-20(11-9-19)28(34)33-25-15-18-6-7-21(25)14-18/h8-13,16-18,21,23,25H,2-7,14-15H2,1H3,(H,30,35)(H,31,32)(H,33,34). The molecule has 2 amide bonds. The van der Waals surface area contributed by atoms with Crippen molar-refractivity contribution in [3.63, 3.8) is 0 Å². The zero-order valence-electron chi connectivity index (χ0n) is 20.3. The van der Waals surface area contributed by atoms with Crippen LogP contribution in [0.15, 0.2) is 42.5 Å². The Labute approximate surface area is 206 Å². The van der Waals surface area contributed by atoms with E-state index in [1.807, 2.05) is 42.5 Å². The van der Waals surface area contributed by atoms with Gasteiger partial charge in [-0.15, -0.1) is 0 Å². The lowest BCUT2D eigenvalue weighted by molar-refractivity contribution is -0.122. The first-order chi connectivity index (χ1) is 17.0. The second kappa shape index (κ2) is 9.14. The quantitative estimate of drug-likeness (QED) is 0.433. The molecular weight excluding hydrogens is 436 g/mol. The van der Waals surface area contributed by atoms with E-state index in [1.165, 1.54) is 25.7 Å². The number of imidazole rings is 1. The number of carbonyl (C=O) groups excluding carboxylic acids is 2. The van der Waals surface area contributed by atoms with Crippen LogP contribution in [0.1, 0.15) is 68.6 Å². The monoisotopic (exact) mass is 470 g/mol. The summed E-state index contributed by atoms with van der Waals surface area (Å²) in [4.78, 5) is 33.7. The Morgan fingerprint density at radius 3 is 2.54 bits per heavy atom. The molecule has 0 spiro atoms. The topological polar surface area (TPSA) is 86.9 Å². The summed E-state index contributed by atoms with van der Waals surface area (Å²) >= 11 is 0. The Morgan fingerprint density at radius 1 is 0.971 bits per heavy atom. The van der Waals surface area contributed by atoms with Gasteiger partial charge < -0.3 is 15.6 Å². The summed E-state index contributed by atoms with van der Waals surface area (Å²) in [5, 5.41) is 6.36. The molecule has 35 heavy (non-hydrogen) atoms. The van der Waals surface area contributed by atoms with Gasteiger partial charge in [0.1, 0.15) is 5.82 Å². The number of fused-ring (bicyclic) bond motifs is 3. The van der Waals surface area contributed by atoms with Gasteiger partial charge in [0.05, 0.1) is 11.0 Å². The normalized spacial score (nSPS) is 27.7. The summed E-state index contributed by atoms with van der Waals surface area (Å²) in [6, 6.07) is 13.8. The molecular formula is C29H34N4O2. The molecule has 2 bridgehead atoms. The van der Waals surface area contributed by atoms with E-state index < -0.39 is 0 Å². The molecule has 3 aliphatic rings. The first kappa shape index (κ1) is 22.3. The number of amides is 2. The van der Waals surface area contributed by atoms with Crippen LogP contribution in [0.5, 0.6) is 0 Å². The van der Waals surface area contributed by atoms with Crippen LogP contribution in [0.4, 0.5) is 5.69 Å². The van der Waals surface area contributed by atoms with Crippen LogP contribution in [0.3, 0.4) is 0 Å². The van der Waals surface area contributed by atoms with Crippen molar-refractivity contribution >= 4 is 28.5 Å². The van der Waals surface area contributed by atoms with E-state index in [0.717, 1.165) is 59.7 Å². The number of benzene rings is 2. The molecule has 5 atom stereocenters. The number of hydrogen-bond acceptors (Lipinski definition) is 3. The van der Waals surface area contributed by atoms with Gasteiger partial charge in [-0.05, 0) is 80.2 Å². The third-order valence-corrected chi connectivity index (χ3v) is 8.67. The van der Waals surface area contributed by atoms with E-state index in [1.54, 1.807) is 0 Å². The van der Waals surface area contributed by atoms with Crippen molar-refractivity contribution in [3.8, 4) is 11.4 Å².